The minimum absolute atomic E-state index is 0.221. The van der Waals surface area contributed by atoms with E-state index < -0.39 is 0 Å². The van der Waals surface area contributed by atoms with Gasteiger partial charge in [-0.2, -0.15) is 0 Å². The monoisotopic (exact) mass is 209 g/mol. The second kappa shape index (κ2) is 6.10. The van der Waals surface area contributed by atoms with Crippen LogP contribution in [0.1, 0.15) is 33.1 Å². The molecule has 0 aromatic heterocycles. The molecule has 0 aromatic rings. The molecular weight excluding hydrogens is 190 g/mol. The summed E-state index contributed by atoms with van der Waals surface area (Å²) in [5.41, 5.74) is 7.13. The molecule has 0 fully saturated rings. The van der Waals surface area contributed by atoms with Crippen LogP contribution in [0.15, 0.2) is 34.1 Å². The van der Waals surface area contributed by atoms with Crippen molar-refractivity contribution in [2.45, 2.75) is 39.2 Å². The van der Waals surface area contributed by atoms with Gasteiger partial charge in [0, 0.05) is 10.9 Å². The highest BCUT2D eigenvalue weighted by Gasteiger charge is 2.08. The van der Waals surface area contributed by atoms with E-state index >= 15 is 0 Å². The minimum Gasteiger partial charge on any atom is -0.324 e. The average Bonchev–Trinajstić information content (AvgIpc) is 2.15. The summed E-state index contributed by atoms with van der Waals surface area (Å²) >= 11 is 1.80. The smallest absolute Gasteiger partial charge is 0.0265 e. The van der Waals surface area contributed by atoms with Gasteiger partial charge in [0.2, 0.25) is 0 Å². The highest BCUT2D eigenvalue weighted by Crippen LogP contribution is 2.29. The zero-order chi connectivity index (χ0) is 10.4. The molecule has 0 bridgehead atoms. The van der Waals surface area contributed by atoms with E-state index in [1.165, 1.54) is 23.3 Å². The number of allylic oxidation sites excluding steroid dienone is 2. The van der Waals surface area contributed by atoms with E-state index in [2.05, 4.69) is 37.5 Å². The highest BCUT2D eigenvalue weighted by atomic mass is 32.2. The summed E-state index contributed by atoms with van der Waals surface area (Å²) in [5.74, 6) is 0. The van der Waals surface area contributed by atoms with Crippen LogP contribution in [0.5, 0.6) is 0 Å². The van der Waals surface area contributed by atoms with E-state index in [1.807, 2.05) is 0 Å². The fourth-order valence-electron chi connectivity index (χ4n) is 1.37. The van der Waals surface area contributed by atoms with Crippen molar-refractivity contribution in [3.8, 4) is 0 Å². The van der Waals surface area contributed by atoms with Crippen LogP contribution < -0.4 is 5.73 Å². The van der Waals surface area contributed by atoms with Gasteiger partial charge in [0.05, 0.1) is 0 Å². The summed E-state index contributed by atoms with van der Waals surface area (Å²) in [5, 5.41) is 2.18. The van der Waals surface area contributed by atoms with Gasteiger partial charge < -0.3 is 5.73 Å². The third kappa shape index (κ3) is 3.72. The fraction of sp³-hybridized carbons (Fsp3) is 0.500. The Kier molecular flexibility index (Phi) is 5.05. The van der Waals surface area contributed by atoms with Gasteiger partial charge >= 0.3 is 0 Å². The Morgan fingerprint density at radius 3 is 3.07 bits per heavy atom. The lowest BCUT2D eigenvalue weighted by atomic mass is 10.0. The van der Waals surface area contributed by atoms with Crippen molar-refractivity contribution in [1.29, 1.82) is 0 Å². The van der Waals surface area contributed by atoms with Gasteiger partial charge in [0.25, 0.3) is 0 Å². The molecule has 1 aliphatic rings. The first-order chi connectivity index (χ1) is 6.74. The van der Waals surface area contributed by atoms with E-state index in [9.17, 15) is 0 Å². The molecule has 78 valence electrons. The van der Waals surface area contributed by atoms with E-state index in [4.69, 9.17) is 5.73 Å². The summed E-state index contributed by atoms with van der Waals surface area (Å²) in [6, 6.07) is 0.221. The highest BCUT2D eigenvalue weighted by molar-refractivity contribution is 8.06. The number of thioether (sulfide) groups is 1. The summed E-state index contributed by atoms with van der Waals surface area (Å²) in [7, 11) is 0. The van der Waals surface area contributed by atoms with Crippen molar-refractivity contribution in [1.82, 2.24) is 0 Å². The number of nitrogens with two attached hydrogens (primary N) is 1. The predicted molar refractivity (Wildman–Crippen MR) is 66.1 cm³/mol. The van der Waals surface area contributed by atoms with Gasteiger partial charge in [-0.05, 0) is 30.7 Å². The molecule has 0 spiro atoms. The molecule has 0 radical (unpaired) electrons. The molecule has 1 rings (SSSR count). The maximum absolute atomic E-state index is 5.82. The standard InChI is InChI=1S/C12H19NS/c1-3-4-5-8-14-12-7-6-11(13)9-10(12)2/h5,7-9,11H,3-4,6,13H2,1-2H3/b8-5+. The zero-order valence-corrected chi connectivity index (χ0v) is 9.81. The zero-order valence-electron chi connectivity index (χ0n) is 8.99. The van der Waals surface area contributed by atoms with Crippen LogP contribution in [-0.2, 0) is 0 Å². The van der Waals surface area contributed by atoms with Crippen molar-refractivity contribution in [3.05, 3.63) is 34.1 Å². The van der Waals surface area contributed by atoms with Crippen LogP contribution in [0.25, 0.3) is 0 Å². The van der Waals surface area contributed by atoms with Gasteiger partial charge in [0.15, 0.2) is 0 Å². The Morgan fingerprint density at radius 2 is 2.43 bits per heavy atom. The molecule has 0 saturated carbocycles. The molecule has 0 amide bonds. The number of hydrogen-bond donors (Lipinski definition) is 1. The molecule has 2 N–H and O–H groups in total. The molecule has 1 nitrogen and oxygen atoms in total. The van der Waals surface area contributed by atoms with Crippen LogP contribution >= 0.6 is 11.8 Å². The first kappa shape index (κ1) is 11.6. The van der Waals surface area contributed by atoms with E-state index in [1.54, 1.807) is 11.8 Å². The predicted octanol–water partition coefficient (Wildman–Crippen LogP) is 3.59. The Hall–Kier alpha value is -0.470. The first-order valence-corrected chi connectivity index (χ1v) is 6.08. The molecular formula is C12H19NS. The second-order valence-corrected chi connectivity index (χ2v) is 4.54. The molecule has 1 atom stereocenters. The van der Waals surface area contributed by atoms with Crippen LogP contribution in [0.2, 0.25) is 0 Å². The quantitative estimate of drug-likeness (QED) is 0.765. The van der Waals surface area contributed by atoms with Gasteiger partial charge in [-0.3, -0.25) is 0 Å². The Labute approximate surface area is 91.1 Å². The van der Waals surface area contributed by atoms with E-state index in [-0.39, 0.29) is 6.04 Å². The van der Waals surface area contributed by atoms with Crippen molar-refractivity contribution in [2.75, 3.05) is 0 Å². The van der Waals surface area contributed by atoms with Crippen molar-refractivity contribution in [3.63, 3.8) is 0 Å². The Morgan fingerprint density at radius 1 is 1.64 bits per heavy atom. The number of rotatable bonds is 4. The average molecular weight is 209 g/mol. The first-order valence-electron chi connectivity index (χ1n) is 5.20. The molecule has 1 aliphatic carbocycles. The topological polar surface area (TPSA) is 26.0 Å². The maximum atomic E-state index is 5.82. The van der Waals surface area contributed by atoms with Gasteiger partial charge in [-0.25, -0.2) is 0 Å². The lowest BCUT2D eigenvalue weighted by Gasteiger charge is -2.14. The number of hydrogen-bond acceptors (Lipinski definition) is 2. The van der Waals surface area contributed by atoms with Crippen molar-refractivity contribution >= 4 is 11.8 Å². The van der Waals surface area contributed by atoms with Crippen LogP contribution in [0.3, 0.4) is 0 Å². The molecule has 2 heteroatoms. The van der Waals surface area contributed by atoms with Gasteiger partial charge in [-0.15, -0.1) is 0 Å². The van der Waals surface area contributed by atoms with Crippen molar-refractivity contribution in [2.24, 2.45) is 5.73 Å². The summed E-state index contributed by atoms with van der Waals surface area (Å²) < 4.78 is 0. The second-order valence-electron chi connectivity index (χ2n) is 3.60. The van der Waals surface area contributed by atoms with Crippen molar-refractivity contribution < 1.29 is 0 Å². The largest absolute Gasteiger partial charge is 0.324 e. The Balaban J connectivity index is 2.42. The molecule has 0 aromatic carbocycles. The summed E-state index contributed by atoms with van der Waals surface area (Å²) in [4.78, 5) is 1.36. The third-order valence-corrected chi connectivity index (χ3v) is 3.25. The normalized spacial score (nSPS) is 22.4. The lowest BCUT2D eigenvalue weighted by Crippen LogP contribution is -2.18. The van der Waals surface area contributed by atoms with Gasteiger partial charge in [-0.1, -0.05) is 43.3 Å². The fourth-order valence-corrected chi connectivity index (χ4v) is 2.20. The summed E-state index contributed by atoms with van der Waals surface area (Å²) in [6.45, 7) is 4.32. The van der Waals surface area contributed by atoms with Crippen LogP contribution in [0, 0.1) is 0 Å². The third-order valence-electron chi connectivity index (χ3n) is 2.17. The number of unbranched alkanes of at least 4 members (excludes halogenated alkanes) is 1. The van der Waals surface area contributed by atoms with E-state index in [0.29, 0.717) is 0 Å². The molecule has 14 heavy (non-hydrogen) atoms. The molecule has 0 saturated heterocycles. The van der Waals surface area contributed by atoms with Crippen LogP contribution in [-0.4, -0.2) is 6.04 Å². The SMILES string of the molecule is CCC/C=C/SC1=CCC(N)C=C1C. The van der Waals surface area contributed by atoms with Crippen LogP contribution in [0.4, 0.5) is 0 Å². The maximum Gasteiger partial charge on any atom is 0.0265 e. The minimum atomic E-state index is 0.221. The lowest BCUT2D eigenvalue weighted by molar-refractivity contribution is 0.815. The molecule has 1 unspecified atom stereocenters. The Bertz CT molecular complexity index is 263. The summed E-state index contributed by atoms with van der Waals surface area (Å²) in [6.07, 6.45) is 9.98. The van der Waals surface area contributed by atoms with Gasteiger partial charge in [0.1, 0.15) is 0 Å². The van der Waals surface area contributed by atoms with E-state index in [0.717, 1.165) is 6.42 Å². The molecule has 0 heterocycles. The molecule has 0 aliphatic heterocycles.